The molecular formula is C6H8BClO2. The Morgan fingerprint density at radius 2 is 2.00 bits per heavy atom. The Morgan fingerprint density at radius 1 is 1.50 bits per heavy atom. The number of hydrogen-bond donors (Lipinski definition) is 2. The van der Waals surface area contributed by atoms with Gasteiger partial charge in [-0.1, -0.05) is 30.8 Å². The van der Waals surface area contributed by atoms with E-state index in [0.717, 1.165) is 0 Å². The number of rotatable bonds is 3. The lowest BCUT2D eigenvalue weighted by Gasteiger charge is -1.95. The molecule has 0 aromatic heterocycles. The molecule has 10 heavy (non-hydrogen) atoms. The Morgan fingerprint density at radius 3 is 2.30 bits per heavy atom. The van der Waals surface area contributed by atoms with Gasteiger partial charge in [0.25, 0.3) is 0 Å². The fraction of sp³-hybridized carbons (Fsp3) is 0. The largest absolute Gasteiger partial charge is 0.487 e. The molecule has 0 aromatic rings. The van der Waals surface area contributed by atoms with E-state index >= 15 is 0 Å². The smallest absolute Gasteiger partial charge is 0.423 e. The zero-order valence-corrected chi connectivity index (χ0v) is 6.17. The van der Waals surface area contributed by atoms with Crippen LogP contribution < -0.4 is 0 Å². The molecule has 0 fully saturated rings. The van der Waals surface area contributed by atoms with E-state index in [-0.39, 0.29) is 5.47 Å². The Balaban J connectivity index is 4.13. The molecule has 0 amide bonds. The van der Waals surface area contributed by atoms with Crippen molar-refractivity contribution in [3.63, 3.8) is 0 Å². The van der Waals surface area contributed by atoms with E-state index in [1.54, 1.807) is 0 Å². The van der Waals surface area contributed by atoms with E-state index < -0.39 is 7.12 Å². The minimum absolute atomic E-state index is 0.143. The van der Waals surface area contributed by atoms with Crippen LogP contribution in [0.15, 0.2) is 35.8 Å². The van der Waals surface area contributed by atoms with Gasteiger partial charge in [-0.05, 0) is 11.5 Å². The molecule has 2 N–H and O–H groups in total. The molecule has 2 nitrogen and oxygen atoms in total. The Labute approximate surface area is 65.3 Å². The van der Waals surface area contributed by atoms with E-state index in [0.29, 0.717) is 5.03 Å². The summed E-state index contributed by atoms with van der Waals surface area (Å²) >= 11 is 5.46. The first-order valence-electron chi connectivity index (χ1n) is 2.62. The van der Waals surface area contributed by atoms with Crippen LogP contribution in [0.2, 0.25) is 0 Å². The molecular weight excluding hydrogens is 150 g/mol. The maximum absolute atomic E-state index is 8.48. The Hall–Kier alpha value is -0.505. The van der Waals surface area contributed by atoms with Crippen molar-refractivity contribution >= 4 is 18.7 Å². The third-order valence-corrected chi connectivity index (χ3v) is 1.11. The normalized spacial score (nSPS) is 10.9. The molecule has 0 aliphatic rings. The third-order valence-electron chi connectivity index (χ3n) is 0.850. The minimum Gasteiger partial charge on any atom is -0.423 e. The van der Waals surface area contributed by atoms with Crippen LogP contribution in [0.25, 0.3) is 0 Å². The van der Waals surface area contributed by atoms with E-state index in [1.165, 1.54) is 12.2 Å². The standard InChI is InChI=1S/C6H8BClO2/c1-3-6(8)4-5(2)7(9)10/h3-4,9-10H,1-2H2/b6-4+. The topological polar surface area (TPSA) is 40.5 Å². The molecule has 54 valence electrons. The van der Waals surface area contributed by atoms with Gasteiger partial charge in [0.15, 0.2) is 0 Å². The SMILES string of the molecule is C=C/C(Cl)=C\C(=C)B(O)O. The Bertz CT molecular complexity index is 175. The second-order valence-electron chi connectivity index (χ2n) is 1.68. The fourth-order valence-corrected chi connectivity index (χ4v) is 0.451. The summed E-state index contributed by atoms with van der Waals surface area (Å²) < 4.78 is 0. The summed E-state index contributed by atoms with van der Waals surface area (Å²) in [6.07, 6.45) is 2.72. The molecule has 0 atom stereocenters. The van der Waals surface area contributed by atoms with E-state index in [1.807, 2.05) is 0 Å². The van der Waals surface area contributed by atoms with Crippen molar-refractivity contribution < 1.29 is 10.0 Å². The second-order valence-corrected chi connectivity index (χ2v) is 2.12. The first kappa shape index (κ1) is 9.49. The predicted molar refractivity (Wildman–Crippen MR) is 43.5 cm³/mol. The van der Waals surface area contributed by atoms with Crippen LogP contribution in [0.3, 0.4) is 0 Å². The highest BCUT2D eigenvalue weighted by Crippen LogP contribution is 2.06. The summed E-state index contributed by atoms with van der Waals surface area (Å²) in [5.74, 6) is 0. The summed E-state index contributed by atoms with van der Waals surface area (Å²) in [7, 11) is -1.55. The molecule has 0 radical (unpaired) electrons. The highest BCUT2D eigenvalue weighted by molar-refractivity contribution is 6.52. The summed E-state index contributed by atoms with van der Waals surface area (Å²) in [4.78, 5) is 0. The maximum Gasteiger partial charge on any atom is 0.487 e. The average Bonchev–Trinajstić information content (AvgIpc) is 1.87. The van der Waals surface area contributed by atoms with Gasteiger partial charge in [-0.3, -0.25) is 0 Å². The van der Waals surface area contributed by atoms with Gasteiger partial charge in [0.05, 0.1) is 0 Å². The highest BCUT2D eigenvalue weighted by atomic mass is 35.5. The molecule has 0 aromatic carbocycles. The van der Waals surface area contributed by atoms with Gasteiger partial charge < -0.3 is 10.0 Å². The average molecular weight is 158 g/mol. The maximum atomic E-state index is 8.48. The summed E-state index contributed by atoms with van der Waals surface area (Å²) in [5, 5.41) is 17.3. The van der Waals surface area contributed by atoms with Gasteiger partial charge in [0.2, 0.25) is 0 Å². The van der Waals surface area contributed by atoms with Crippen LogP contribution in [0.1, 0.15) is 0 Å². The molecule has 0 saturated carbocycles. The lowest BCUT2D eigenvalue weighted by Crippen LogP contribution is -2.12. The number of hydrogen-bond acceptors (Lipinski definition) is 2. The summed E-state index contributed by atoms with van der Waals surface area (Å²) in [5.41, 5.74) is 0.143. The molecule has 0 aliphatic heterocycles. The van der Waals surface area contributed by atoms with Gasteiger partial charge in [0, 0.05) is 5.03 Å². The first-order valence-corrected chi connectivity index (χ1v) is 3.00. The molecule has 0 aliphatic carbocycles. The fourth-order valence-electron chi connectivity index (χ4n) is 0.311. The number of allylic oxidation sites excluding steroid dienone is 4. The molecule has 0 rings (SSSR count). The monoisotopic (exact) mass is 158 g/mol. The third kappa shape index (κ3) is 3.51. The van der Waals surface area contributed by atoms with Crippen LogP contribution in [0.5, 0.6) is 0 Å². The zero-order valence-electron chi connectivity index (χ0n) is 5.42. The number of halogens is 1. The van der Waals surface area contributed by atoms with Crippen molar-refractivity contribution in [2.45, 2.75) is 0 Å². The van der Waals surface area contributed by atoms with Crippen molar-refractivity contribution in [1.29, 1.82) is 0 Å². The Kier molecular flexibility index (Phi) is 4.11. The minimum atomic E-state index is -1.55. The second kappa shape index (κ2) is 4.33. The van der Waals surface area contributed by atoms with Gasteiger partial charge in [-0.15, -0.1) is 0 Å². The summed E-state index contributed by atoms with van der Waals surface area (Å²) in [6.45, 7) is 6.70. The van der Waals surface area contributed by atoms with Crippen LogP contribution in [-0.4, -0.2) is 17.2 Å². The molecule has 0 saturated heterocycles. The van der Waals surface area contributed by atoms with Crippen molar-refractivity contribution in [3.8, 4) is 0 Å². The van der Waals surface area contributed by atoms with Gasteiger partial charge in [-0.25, -0.2) is 0 Å². The van der Waals surface area contributed by atoms with Crippen molar-refractivity contribution in [3.05, 3.63) is 35.8 Å². The predicted octanol–water partition coefficient (Wildman–Crippen LogP) is 0.863. The van der Waals surface area contributed by atoms with Crippen LogP contribution in [0, 0.1) is 0 Å². The molecule has 0 unspecified atom stereocenters. The van der Waals surface area contributed by atoms with E-state index in [2.05, 4.69) is 13.2 Å². The molecule has 0 bridgehead atoms. The summed E-state index contributed by atoms with van der Waals surface area (Å²) in [6, 6.07) is 0. The molecule has 0 spiro atoms. The van der Waals surface area contributed by atoms with Crippen LogP contribution in [0.4, 0.5) is 0 Å². The van der Waals surface area contributed by atoms with Crippen LogP contribution in [-0.2, 0) is 0 Å². The van der Waals surface area contributed by atoms with Crippen molar-refractivity contribution in [2.75, 3.05) is 0 Å². The zero-order chi connectivity index (χ0) is 8.15. The molecule has 4 heteroatoms. The first-order chi connectivity index (χ1) is 4.57. The highest BCUT2D eigenvalue weighted by Gasteiger charge is 2.08. The van der Waals surface area contributed by atoms with Gasteiger partial charge in [-0.2, -0.15) is 0 Å². The van der Waals surface area contributed by atoms with Crippen LogP contribution >= 0.6 is 11.6 Å². The van der Waals surface area contributed by atoms with E-state index in [9.17, 15) is 0 Å². The van der Waals surface area contributed by atoms with Crippen molar-refractivity contribution in [1.82, 2.24) is 0 Å². The quantitative estimate of drug-likeness (QED) is 0.472. The van der Waals surface area contributed by atoms with Gasteiger partial charge >= 0.3 is 7.12 Å². The van der Waals surface area contributed by atoms with Crippen molar-refractivity contribution in [2.24, 2.45) is 0 Å². The lowest BCUT2D eigenvalue weighted by atomic mass is 9.80. The van der Waals surface area contributed by atoms with Gasteiger partial charge in [0.1, 0.15) is 0 Å². The van der Waals surface area contributed by atoms with E-state index in [4.69, 9.17) is 21.6 Å². The molecule has 0 heterocycles. The lowest BCUT2D eigenvalue weighted by molar-refractivity contribution is 0.421.